The molecule has 1 heterocycles. The molecule has 0 saturated carbocycles. The fourth-order valence-corrected chi connectivity index (χ4v) is 2.26. The fraction of sp³-hybridized carbons (Fsp3) is 1.00. The summed E-state index contributed by atoms with van der Waals surface area (Å²) in [5.41, 5.74) is -0.255. The first kappa shape index (κ1) is 10.9. The van der Waals surface area contributed by atoms with Crippen LogP contribution in [0.2, 0.25) is 0 Å². The lowest BCUT2D eigenvalue weighted by Crippen LogP contribution is -2.26. The van der Waals surface area contributed by atoms with Crippen LogP contribution in [0.5, 0.6) is 0 Å². The highest BCUT2D eigenvalue weighted by molar-refractivity contribution is 7.86. The lowest BCUT2D eigenvalue weighted by Gasteiger charge is -2.22. The lowest BCUT2D eigenvalue weighted by molar-refractivity contribution is -0.0216. The lowest BCUT2D eigenvalue weighted by atomic mass is 10.00. The van der Waals surface area contributed by atoms with Crippen LogP contribution in [0.1, 0.15) is 33.1 Å². The van der Waals surface area contributed by atoms with E-state index in [2.05, 4.69) is 0 Å². The summed E-state index contributed by atoms with van der Waals surface area (Å²) in [5, 5.41) is 0. The van der Waals surface area contributed by atoms with Crippen molar-refractivity contribution in [3.8, 4) is 0 Å². The van der Waals surface area contributed by atoms with E-state index in [1.165, 1.54) is 0 Å². The van der Waals surface area contributed by atoms with E-state index in [1.807, 2.05) is 13.8 Å². The maximum atomic E-state index is 12.3. The van der Waals surface area contributed by atoms with Crippen LogP contribution in [0.15, 0.2) is 0 Å². The normalized spacial score (nSPS) is 35.2. The Labute approximate surface area is 78.5 Å². The summed E-state index contributed by atoms with van der Waals surface area (Å²) in [6.45, 7) is 3.91. The first-order chi connectivity index (χ1) is 5.85. The van der Waals surface area contributed by atoms with Gasteiger partial charge in [-0.15, -0.1) is 3.89 Å². The first-order valence-electron chi connectivity index (χ1n) is 4.45. The molecule has 1 fully saturated rings. The van der Waals surface area contributed by atoms with E-state index in [-0.39, 0.29) is 5.60 Å². The van der Waals surface area contributed by atoms with Crippen LogP contribution in [0.3, 0.4) is 0 Å². The first-order valence-corrected chi connectivity index (χ1v) is 6.00. The average molecular weight is 210 g/mol. The molecule has 2 unspecified atom stereocenters. The van der Waals surface area contributed by atoms with Crippen molar-refractivity contribution < 1.29 is 17.0 Å². The van der Waals surface area contributed by atoms with Gasteiger partial charge in [0.2, 0.25) is 0 Å². The van der Waals surface area contributed by atoms with Crippen molar-refractivity contribution in [1.82, 2.24) is 0 Å². The summed E-state index contributed by atoms with van der Waals surface area (Å²) in [6.07, 6.45) is 1.81. The summed E-state index contributed by atoms with van der Waals surface area (Å²) in [5.74, 6) is -0.497. The van der Waals surface area contributed by atoms with E-state index >= 15 is 0 Å². The van der Waals surface area contributed by atoms with Gasteiger partial charge in [-0.3, -0.25) is 0 Å². The molecule has 13 heavy (non-hydrogen) atoms. The van der Waals surface area contributed by atoms with Gasteiger partial charge in [0.05, 0.1) is 11.7 Å². The third-order valence-electron chi connectivity index (χ3n) is 2.58. The fourth-order valence-electron chi connectivity index (χ4n) is 1.59. The molecule has 0 aromatic carbocycles. The van der Waals surface area contributed by atoms with Gasteiger partial charge in [0.15, 0.2) is 0 Å². The molecule has 1 aliphatic heterocycles. The Kier molecular flexibility index (Phi) is 2.97. The quantitative estimate of drug-likeness (QED) is 0.665. The van der Waals surface area contributed by atoms with Crippen molar-refractivity contribution >= 4 is 10.2 Å². The van der Waals surface area contributed by atoms with Crippen LogP contribution in [0.25, 0.3) is 0 Å². The molecule has 2 atom stereocenters. The van der Waals surface area contributed by atoms with Crippen molar-refractivity contribution in [3.63, 3.8) is 0 Å². The van der Waals surface area contributed by atoms with E-state index in [4.69, 9.17) is 4.74 Å². The molecular weight excluding hydrogens is 195 g/mol. The Morgan fingerprint density at radius 1 is 1.62 bits per heavy atom. The second kappa shape index (κ2) is 3.53. The Morgan fingerprint density at radius 3 is 2.62 bits per heavy atom. The molecular formula is C8H15FO3S. The van der Waals surface area contributed by atoms with Crippen LogP contribution in [-0.2, 0) is 15.0 Å². The van der Waals surface area contributed by atoms with Crippen LogP contribution >= 0.6 is 0 Å². The van der Waals surface area contributed by atoms with Crippen molar-refractivity contribution in [2.24, 2.45) is 0 Å². The monoisotopic (exact) mass is 210 g/mol. The van der Waals surface area contributed by atoms with E-state index in [1.54, 1.807) is 0 Å². The third-order valence-corrected chi connectivity index (χ3v) is 3.35. The number of hydrogen-bond acceptors (Lipinski definition) is 3. The maximum absolute atomic E-state index is 12.3. The third kappa shape index (κ3) is 3.23. The number of hydrogen-bond donors (Lipinski definition) is 0. The van der Waals surface area contributed by atoms with E-state index < -0.39 is 22.1 Å². The number of rotatable bonds is 3. The Hall–Kier alpha value is -0.160. The van der Waals surface area contributed by atoms with Gasteiger partial charge in [-0.05, 0) is 26.2 Å². The highest BCUT2D eigenvalue weighted by atomic mass is 32.3. The minimum atomic E-state index is -4.39. The van der Waals surface area contributed by atoms with Crippen LogP contribution in [-0.4, -0.2) is 25.9 Å². The van der Waals surface area contributed by atoms with Crippen molar-refractivity contribution in [2.75, 3.05) is 5.75 Å². The predicted octanol–water partition coefficient (Wildman–Crippen LogP) is 1.63. The van der Waals surface area contributed by atoms with Gasteiger partial charge in [-0.2, -0.15) is 8.42 Å². The molecule has 0 aliphatic carbocycles. The molecule has 1 aliphatic rings. The van der Waals surface area contributed by atoms with Crippen molar-refractivity contribution in [2.45, 2.75) is 44.8 Å². The Morgan fingerprint density at radius 2 is 2.23 bits per heavy atom. The molecule has 1 saturated heterocycles. The molecule has 5 heteroatoms. The zero-order chi connectivity index (χ0) is 10.1. The molecule has 1 rings (SSSR count). The standard InChI is InChI=1S/C8H15FO3S/c1-3-8(2)5-4-7(12-8)6-13(9,10)11/h7H,3-6H2,1-2H3. The van der Waals surface area contributed by atoms with Gasteiger partial charge in [-0.25, -0.2) is 0 Å². The van der Waals surface area contributed by atoms with Gasteiger partial charge in [-0.1, -0.05) is 6.92 Å². The largest absolute Gasteiger partial charge is 0.371 e. The Balaban J connectivity index is 2.51. The van der Waals surface area contributed by atoms with Gasteiger partial charge >= 0.3 is 10.2 Å². The predicted molar refractivity (Wildman–Crippen MR) is 47.7 cm³/mol. The highest BCUT2D eigenvalue weighted by Crippen LogP contribution is 2.33. The topological polar surface area (TPSA) is 43.4 Å². The van der Waals surface area contributed by atoms with Crippen LogP contribution < -0.4 is 0 Å². The minimum absolute atomic E-state index is 0.255. The van der Waals surface area contributed by atoms with Gasteiger partial charge in [0, 0.05) is 0 Å². The highest BCUT2D eigenvalue weighted by Gasteiger charge is 2.36. The molecule has 0 N–H and O–H groups in total. The van der Waals surface area contributed by atoms with Gasteiger partial charge in [0.1, 0.15) is 5.75 Å². The van der Waals surface area contributed by atoms with Crippen LogP contribution in [0.4, 0.5) is 3.89 Å². The summed E-state index contributed by atoms with van der Waals surface area (Å²) in [6, 6.07) is 0. The SMILES string of the molecule is CCC1(C)CCC(CS(=O)(=O)F)O1. The second-order valence-electron chi connectivity index (χ2n) is 3.79. The van der Waals surface area contributed by atoms with Crippen LogP contribution in [0, 0.1) is 0 Å². The van der Waals surface area contributed by atoms with E-state index in [0.717, 1.165) is 12.8 Å². The zero-order valence-corrected chi connectivity index (χ0v) is 8.73. The summed E-state index contributed by atoms with van der Waals surface area (Å²) < 4.78 is 38.4. The summed E-state index contributed by atoms with van der Waals surface area (Å²) in [7, 11) is -4.39. The molecule has 0 bridgehead atoms. The van der Waals surface area contributed by atoms with Crippen molar-refractivity contribution in [1.29, 1.82) is 0 Å². The Bertz CT molecular complexity index is 275. The molecule has 0 spiro atoms. The van der Waals surface area contributed by atoms with Gasteiger partial charge < -0.3 is 4.74 Å². The van der Waals surface area contributed by atoms with Gasteiger partial charge in [0.25, 0.3) is 0 Å². The maximum Gasteiger partial charge on any atom is 0.304 e. The smallest absolute Gasteiger partial charge is 0.304 e. The number of halogens is 1. The molecule has 3 nitrogen and oxygen atoms in total. The molecule has 78 valence electrons. The molecule has 0 aromatic rings. The molecule has 0 aromatic heterocycles. The second-order valence-corrected chi connectivity index (χ2v) is 5.20. The van der Waals surface area contributed by atoms with E-state index in [0.29, 0.717) is 6.42 Å². The van der Waals surface area contributed by atoms with E-state index in [9.17, 15) is 12.3 Å². The number of ether oxygens (including phenoxy) is 1. The van der Waals surface area contributed by atoms with Crippen molar-refractivity contribution in [3.05, 3.63) is 0 Å². The summed E-state index contributed by atoms with van der Waals surface area (Å²) in [4.78, 5) is 0. The average Bonchev–Trinajstić information content (AvgIpc) is 2.30. The molecule has 0 amide bonds. The zero-order valence-electron chi connectivity index (χ0n) is 7.92. The molecule has 0 radical (unpaired) electrons. The summed E-state index contributed by atoms with van der Waals surface area (Å²) >= 11 is 0. The minimum Gasteiger partial charge on any atom is -0.371 e.